The minimum absolute atomic E-state index is 0.0139. The van der Waals surface area contributed by atoms with Crippen molar-refractivity contribution in [2.45, 2.75) is 51.8 Å². The van der Waals surface area contributed by atoms with Crippen molar-refractivity contribution in [2.24, 2.45) is 5.10 Å². The Balaban J connectivity index is 2.22. The van der Waals surface area contributed by atoms with Gasteiger partial charge >= 0.3 is 12.1 Å². The van der Waals surface area contributed by atoms with Gasteiger partial charge in [-0.15, -0.1) is 0 Å². The second-order valence-corrected chi connectivity index (χ2v) is 11.2. The molecule has 0 aliphatic carbocycles. The maximum Gasteiger partial charge on any atom is 0.408 e. The number of nitrogens with one attached hydrogen (secondary N) is 3. The van der Waals surface area contributed by atoms with E-state index in [-0.39, 0.29) is 30.3 Å². The molecule has 0 saturated carbocycles. The Morgan fingerprint density at radius 3 is 2.28 bits per heavy atom. The second kappa shape index (κ2) is 16.5. The molecule has 43 heavy (non-hydrogen) atoms. The summed E-state index contributed by atoms with van der Waals surface area (Å²) in [5.41, 5.74) is 2.61. The molecule has 0 aromatic heterocycles. The first-order chi connectivity index (χ1) is 20.2. The van der Waals surface area contributed by atoms with E-state index in [1.807, 2.05) is 22.6 Å². The topological polar surface area (TPSA) is 205 Å². The Bertz CT molecular complexity index is 1310. The zero-order valence-corrected chi connectivity index (χ0v) is 26.2. The van der Waals surface area contributed by atoms with Crippen LogP contribution in [0, 0.1) is 3.57 Å². The van der Waals surface area contributed by atoms with Crippen molar-refractivity contribution in [3.8, 4) is 17.2 Å². The number of hydrogen-bond donors (Lipinski definition) is 6. The van der Waals surface area contributed by atoms with E-state index in [1.165, 1.54) is 18.3 Å². The van der Waals surface area contributed by atoms with Gasteiger partial charge < -0.3 is 40.2 Å². The molecule has 14 nitrogen and oxygen atoms in total. The highest BCUT2D eigenvalue weighted by atomic mass is 127. The predicted octanol–water partition coefficient (Wildman–Crippen LogP) is 1.92. The van der Waals surface area contributed by atoms with Crippen LogP contribution in [0.25, 0.3) is 0 Å². The molecular weight excluding hydrogens is 679 g/mol. The fourth-order valence-corrected chi connectivity index (χ4v) is 4.22. The molecule has 0 saturated heterocycles. The summed E-state index contributed by atoms with van der Waals surface area (Å²) in [6.45, 7) is 5.63. The van der Waals surface area contributed by atoms with E-state index in [0.29, 0.717) is 14.7 Å². The number of hydrogen-bond acceptors (Lipinski definition) is 10. The summed E-state index contributed by atoms with van der Waals surface area (Å²) < 4.78 is 16.6. The van der Waals surface area contributed by atoms with E-state index in [0.717, 1.165) is 0 Å². The first kappa shape index (κ1) is 35.1. The van der Waals surface area contributed by atoms with Crippen LogP contribution >= 0.6 is 22.6 Å². The van der Waals surface area contributed by atoms with Gasteiger partial charge in [0.15, 0.2) is 18.1 Å². The third-order valence-electron chi connectivity index (χ3n) is 5.26. The van der Waals surface area contributed by atoms with Crippen molar-refractivity contribution in [1.29, 1.82) is 0 Å². The Kier molecular flexibility index (Phi) is 13.5. The standard InChI is InChI=1S/C28H35IN4O10/c1-5-41-22-12-17(10-19(29)24(22)42-15-23(36)37)13-30-33-26(39)20(11-16-6-8-18(35)9-7-16)31-25(38)21(14-34)32-27(40)43-28(2,3)4/h6-10,12-13,20-21,34-35H,5,11,14-15H2,1-4H3,(H,31,38)(H,32,40)(H,33,39)(H,36,37)/b30-13-/t20-,21-/m0/s1. The molecule has 15 heteroatoms. The average Bonchev–Trinajstić information content (AvgIpc) is 2.91. The van der Waals surface area contributed by atoms with E-state index < -0.39 is 54.8 Å². The second-order valence-electron chi connectivity index (χ2n) is 9.99. The number of halogens is 1. The number of benzene rings is 2. The Hall–Kier alpha value is -4.12. The number of alkyl carbamates (subject to hydrolysis) is 1. The number of carbonyl (C=O) groups is 4. The molecule has 0 heterocycles. The number of carboxylic acid groups (broad SMARTS) is 1. The molecule has 0 aliphatic heterocycles. The lowest BCUT2D eigenvalue weighted by Crippen LogP contribution is -2.55. The van der Waals surface area contributed by atoms with Crippen LogP contribution in [0.1, 0.15) is 38.8 Å². The Morgan fingerprint density at radius 2 is 1.70 bits per heavy atom. The predicted molar refractivity (Wildman–Crippen MR) is 163 cm³/mol. The van der Waals surface area contributed by atoms with Gasteiger partial charge in [0.1, 0.15) is 23.4 Å². The molecule has 6 N–H and O–H groups in total. The van der Waals surface area contributed by atoms with Gasteiger partial charge in [-0.3, -0.25) is 9.59 Å². The lowest BCUT2D eigenvalue weighted by Gasteiger charge is -2.24. The number of aliphatic hydroxyl groups excluding tert-OH is 1. The van der Waals surface area contributed by atoms with Gasteiger partial charge in [-0.05, 0) is 85.7 Å². The number of phenolic OH excluding ortho intramolecular Hbond substituents is 1. The number of ether oxygens (including phenoxy) is 3. The van der Waals surface area contributed by atoms with Crippen LogP contribution in [-0.4, -0.2) is 82.9 Å². The quantitative estimate of drug-likeness (QED) is 0.0953. The number of nitrogens with zero attached hydrogens (tertiary/aromatic N) is 1. The molecule has 2 aromatic carbocycles. The van der Waals surface area contributed by atoms with E-state index in [4.69, 9.17) is 19.3 Å². The molecule has 0 aliphatic rings. The summed E-state index contributed by atoms with van der Waals surface area (Å²) in [5, 5.41) is 37.0. The van der Waals surface area contributed by atoms with Crippen LogP contribution in [0.3, 0.4) is 0 Å². The summed E-state index contributed by atoms with van der Waals surface area (Å²) in [6, 6.07) is 6.57. The van der Waals surface area contributed by atoms with E-state index in [1.54, 1.807) is 52.0 Å². The van der Waals surface area contributed by atoms with Gasteiger partial charge in [-0.2, -0.15) is 5.10 Å². The number of rotatable bonds is 14. The number of aliphatic hydroxyl groups is 1. The molecule has 0 bridgehead atoms. The zero-order valence-electron chi connectivity index (χ0n) is 24.0. The van der Waals surface area contributed by atoms with E-state index in [2.05, 4.69) is 21.2 Å². The molecule has 0 spiro atoms. The van der Waals surface area contributed by atoms with Crippen molar-refractivity contribution in [2.75, 3.05) is 19.8 Å². The van der Waals surface area contributed by atoms with Gasteiger partial charge in [0.05, 0.1) is 23.0 Å². The number of aliphatic carboxylic acids is 1. The number of carbonyl (C=O) groups excluding carboxylic acids is 3. The normalized spacial score (nSPS) is 12.6. The van der Waals surface area contributed by atoms with Crippen molar-refractivity contribution in [3.63, 3.8) is 0 Å². The maximum absolute atomic E-state index is 13.1. The van der Waals surface area contributed by atoms with Crippen LogP contribution < -0.4 is 25.5 Å². The van der Waals surface area contributed by atoms with Gasteiger partial charge in [-0.1, -0.05) is 12.1 Å². The fraction of sp³-hybridized carbons (Fsp3) is 0.393. The minimum Gasteiger partial charge on any atom is -0.508 e. The highest BCUT2D eigenvalue weighted by molar-refractivity contribution is 14.1. The van der Waals surface area contributed by atoms with Crippen molar-refractivity contribution < 1.29 is 48.7 Å². The monoisotopic (exact) mass is 714 g/mol. The molecule has 2 aromatic rings. The lowest BCUT2D eigenvalue weighted by molar-refractivity contribution is -0.139. The van der Waals surface area contributed by atoms with Crippen LogP contribution in [0.15, 0.2) is 41.5 Å². The van der Waals surface area contributed by atoms with Gasteiger partial charge in [-0.25, -0.2) is 15.0 Å². The molecule has 0 radical (unpaired) electrons. The molecule has 3 amide bonds. The van der Waals surface area contributed by atoms with Crippen molar-refractivity contribution in [3.05, 3.63) is 51.1 Å². The summed E-state index contributed by atoms with van der Waals surface area (Å²) in [6.07, 6.45) is 0.384. The van der Waals surface area contributed by atoms with Crippen LogP contribution in [0.4, 0.5) is 4.79 Å². The molecule has 0 unspecified atom stereocenters. The minimum atomic E-state index is -1.41. The number of carboxylic acids is 1. The number of aromatic hydroxyl groups is 1. The van der Waals surface area contributed by atoms with Crippen LogP contribution in [-0.2, 0) is 25.5 Å². The van der Waals surface area contributed by atoms with Crippen LogP contribution in [0.5, 0.6) is 17.2 Å². The first-order valence-corrected chi connectivity index (χ1v) is 14.1. The highest BCUT2D eigenvalue weighted by Gasteiger charge is 2.28. The van der Waals surface area contributed by atoms with E-state index in [9.17, 15) is 29.4 Å². The largest absolute Gasteiger partial charge is 0.508 e. The van der Waals surface area contributed by atoms with Crippen molar-refractivity contribution >= 4 is 52.7 Å². The fourth-order valence-electron chi connectivity index (χ4n) is 3.44. The third kappa shape index (κ3) is 12.3. The maximum atomic E-state index is 13.1. The molecular formula is C28H35IN4O10. The number of phenols is 1. The molecule has 234 valence electrons. The van der Waals surface area contributed by atoms with Crippen molar-refractivity contribution in [1.82, 2.24) is 16.1 Å². The van der Waals surface area contributed by atoms with Gasteiger partial charge in [0.2, 0.25) is 5.91 Å². The molecule has 2 rings (SSSR count). The summed E-state index contributed by atoms with van der Waals surface area (Å²) in [7, 11) is 0. The number of hydrazone groups is 1. The Morgan fingerprint density at radius 1 is 1.02 bits per heavy atom. The molecule has 2 atom stereocenters. The number of amides is 3. The van der Waals surface area contributed by atoms with Gasteiger partial charge in [0, 0.05) is 6.42 Å². The molecule has 0 fully saturated rings. The summed E-state index contributed by atoms with van der Waals surface area (Å²) in [5.74, 6) is -2.15. The third-order valence-corrected chi connectivity index (χ3v) is 6.06. The van der Waals surface area contributed by atoms with Gasteiger partial charge in [0.25, 0.3) is 5.91 Å². The SMILES string of the molecule is CCOc1cc(/C=N\NC(=O)[C@H](Cc2ccc(O)cc2)NC(=O)[C@H](CO)NC(=O)OC(C)(C)C)cc(I)c1OCC(=O)O. The first-order valence-electron chi connectivity index (χ1n) is 13.0. The van der Waals surface area contributed by atoms with Crippen LogP contribution in [0.2, 0.25) is 0 Å². The summed E-state index contributed by atoms with van der Waals surface area (Å²) >= 11 is 1.95. The average molecular weight is 715 g/mol. The smallest absolute Gasteiger partial charge is 0.408 e. The summed E-state index contributed by atoms with van der Waals surface area (Å²) in [4.78, 5) is 49.1. The zero-order chi connectivity index (χ0) is 32.2. The lowest BCUT2D eigenvalue weighted by atomic mass is 10.0. The van der Waals surface area contributed by atoms with E-state index >= 15 is 0 Å². The highest BCUT2D eigenvalue weighted by Crippen LogP contribution is 2.34. The Labute approximate surface area is 261 Å².